The maximum Gasteiger partial charge on any atom is 0.282 e. The van der Waals surface area contributed by atoms with Crippen molar-refractivity contribution in [2.24, 2.45) is 7.05 Å². The number of amides is 1. The molecule has 0 atom stereocenters. The van der Waals surface area contributed by atoms with Gasteiger partial charge in [0.15, 0.2) is 22.3 Å². The van der Waals surface area contributed by atoms with Crippen molar-refractivity contribution >= 4 is 27.5 Å². The van der Waals surface area contributed by atoms with Gasteiger partial charge in [-0.3, -0.25) is 13.8 Å². The zero-order chi connectivity index (χ0) is 17.8. The zero-order valence-corrected chi connectivity index (χ0v) is 14.2. The van der Waals surface area contributed by atoms with Gasteiger partial charge in [0, 0.05) is 20.2 Å². The van der Waals surface area contributed by atoms with E-state index in [9.17, 15) is 18.3 Å². The molecular formula is C13H15N5O5S. The number of rotatable bonds is 2. The van der Waals surface area contributed by atoms with Gasteiger partial charge in [0.1, 0.15) is 5.76 Å². The third-order valence-electron chi connectivity index (χ3n) is 3.64. The smallest absolute Gasteiger partial charge is 0.282 e. The summed E-state index contributed by atoms with van der Waals surface area (Å²) in [5, 5.41) is 20.3. The van der Waals surface area contributed by atoms with Gasteiger partial charge in [0.05, 0.1) is 11.3 Å². The molecule has 0 saturated carbocycles. The molecule has 128 valence electrons. The van der Waals surface area contributed by atoms with Crippen LogP contribution in [0.4, 0.5) is 5.82 Å². The van der Waals surface area contributed by atoms with E-state index in [0.717, 1.165) is 4.68 Å². The van der Waals surface area contributed by atoms with Crippen LogP contribution in [0.5, 0.6) is 0 Å². The molecule has 0 spiro atoms. The first-order valence-electron chi connectivity index (χ1n) is 6.85. The Bertz CT molecular complexity index is 985. The van der Waals surface area contributed by atoms with E-state index in [1.54, 1.807) is 13.8 Å². The van der Waals surface area contributed by atoms with Gasteiger partial charge < -0.3 is 14.9 Å². The highest BCUT2D eigenvalue weighted by Crippen LogP contribution is 2.36. The quantitative estimate of drug-likeness (QED) is 0.805. The number of aryl methyl sites for hydroxylation is 3. The highest BCUT2D eigenvalue weighted by molar-refractivity contribution is 7.89. The second-order valence-electron chi connectivity index (χ2n) is 5.34. The lowest BCUT2D eigenvalue weighted by Gasteiger charge is -2.27. The first-order valence-corrected chi connectivity index (χ1v) is 8.29. The summed E-state index contributed by atoms with van der Waals surface area (Å²) in [6.07, 6.45) is 0. The Morgan fingerprint density at radius 2 is 2.00 bits per heavy atom. The van der Waals surface area contributed by atoms with Gasteiger partial charge in [-0.1, -0.05) is 5.16 Å². The molecule has 0 radical (unpaired) electrons. The predicted octanol–water partition coefficient (Wildman–Crippen LogP) is 0.524. The Morgan fingerprint density at radius 3 is 2.58 bits per heavy atom. The van der Waals surface area contributed by atoms with Crippen LogP contribution in [0.15, 0.2) is 21.3 Å². The van der Waals surface area contributed by atoms with E-state index >= 15 is 0 Å². The summed E-state index contributed by atoms with van der Waals surface area (Å²) >= 11 is 0. The number of aromatic nitrogens is 3. The fourth-order valence-corrected chi connectivity index (χ4v) is 4.12. The molecule has 2 aromatic rings. The van der Waals surface area contributed by atoms with E-state index in [4.69, 9.17) is 4.52 Å². The molecule has 0 saturated heterocycles. The Balaban J connectivity index is 2.14. The summed E-state index contributed by atoms with van der Waals surface area (Å²) in [5.74, 6) is -0.720. The lowest BCUT2D eigenvalue weighted by atomic mass is 10.1. The Hall–Kier alpha value is -2.82. The van der Waals surface area contributed by atoms with Crippen LogP contribution in [0, 0.1) is 13.8 Å². The van der Waals surface area contributed by atoms with Gasteiger partial charge in [-0.25, -0.2) is 0 Å². The third-order valence-corrected chi connectivity index (χ3v) is 5.50. The Morgan fingerprint density at radius 1 is 1.33 bits per heavy atom. The highest BCUT2D eigenvalue weighted by atomic mass is 32.2. The number of carbonyl (C=O) groups is 1. The average Bonchev–Trinajstić information content (AvgIpc) is 3.00. The summed E-state index contributed by atoms with van der Waals surface area (Å²) in [6, 6.07) is 1.47. The molecule has 24 heavy (non-hydrogen) atoms. The molecule has 0 unspecified atom stereocenters. The van der Waals surface area contributed by atoms with Gasteiger partial charge in [0.25, 0.3) is 15.9 Å². The number of aliphatic hydroxyl groups excluding tert-OH is 1. The molecule has 0 fully saturated rings. The minimum Gasteiger partial charge on any atom is -0.505 e. The first-order chi connectivity index (χ1) is 11.1. The topological polar surface area (TPSA) is 131 Å². The number of sulfonamides is 1. The molecule has 0 aromatic carbocycles. The fraction of sp³-hybridized carbons (Fsp3) is 0.308. The molecule has 2 aromatic heterocycles. The van der Waals surface area contributed by atoms with Crippen LogP contribution >= 0.6 is 0 Å². The van der Waals surface area contributed by atoms with E-state index in [1.165, 1.54) is 20.2 Å². The molecule has 1 aliphatic heterocycles. The molecule has 10 nitrogen and oxygen atoms in total. The van der Waals surface area contributed by atoms with Gasteiger partial charge >= 0.3 is 0 Å². The van der Waals surface area contributed by atoms with E-state index in [0.29, 0.717) is 15.8 Å². The molecule has 3 rings (SSSR count). The van der Waals surface area contributed by atoms with Crippen molar-refractivity contribution in [1.29, 1.82) is 0 Å². The van der Waals surface area contributed by atoms with Crippen molar-refractivity contribution in [2.45, 2.75) is 18.9 Å². The maximum absolute atomic E-state index is 12.7. The van der Waals surface area contributed by atoms with Crippen LogP contribution in [0.3, 0.4) is 0 Å². The first kappa shape index (κ1) is 16.1. The maximum atomic E-state index is 12.7. The summed E-state index contributed by atoms with van der Waals surface area (Å²) in [6.45, 7) is 3.19. The molecule has 0 bridgehead atoms. The lowest BCUT2D eigenvalue weighted by molar-refractivity contribution is -0.113. The number of nitrogens with zero attached hydrogens (tertiary/aromatic N) is 4. The van der Waals surface area contributed by atoms with Gasteiger partial charge in [0.2, 0.25) is 0 Å². The number of carbonyl (C=O) groups excluding carboxylic acids is 1. The number of anilines is 1. The number of aliphatic hydroxyl groups is 1. The van der Waals surface area contributed by atoms with Crippen molar-refractivity contribution < 1.29 is 22.8 Å². The number of likely N-dealkylation sites (N-methyl/N-ethyl adjacent to an activating group) is 1. The number of fused-ring (bicyclic) bond motifs is 1. The van der Waals surface area contributed by atoms with E-state index in [2.05, 4.69) is 15.6 Å². The SMILES string of the molecule is Cc1cc(NC(=O)C2=C(O)c3c(C)nn(C)c3S(=O)(=O)N2C)no1. The van der Waals surface area contributed by atoms with Crippen LogP contribution in [-0.2, 0) is 21.9 Å². The Kier molecular flexibility index (Phi) is 3.41. The van der Waals surface area contributed by atoms with E-state index < -0.39 is 27.4 Å². The second kappa shape index (κ2) is 5.09. The van der Waals surface area contributed by atoms with Crippen LogP contribution in [0.1, 0.15) is 17.0 Å². The number of hydrogen-bond acceptors (Lipinski definition) is 7. The summed E-state index contributed by atoms with van der Waals surface area (Å²) in [7, 11) is -1.40. The van der Waals surface area contributed by atoms with Crippen LogP contribution in [-0.4, -0.2) is 45.7 Å². The van der Waals surface area contributed by atoms with Gasteiger partial charge in [-0.15, -0.1) is 0 Å². The van der Waals surface area contributed by atoms with Crippen LogP contribution in [0.2, 0.25) is 0 Å². The largest absolute Gasteiger partial charge is 0.505 e. The number of hydrogen-bond donors (Lipinski definition) is 2. The molecule has 11 heteroatoms. The molecule has 3 heterocycles. The summed E-state index contributed by atoms with van der Waals surface area (Å²) < 4.78 is 32.0. The normalized spacial score (nSPS) is 16.2. The molecule has 0 aliphatic carbocycles. The lowest BCUT2D eigenvalue weighted by Crippen LogP contribution is -2.38. The second-order valence-corrected chi connectivity index (χ2v) is 7.22. The minimum absolute atomic E-state index is 0.0112. The van der Waals surface area contributed by atoms with E-state index in [-0.39, 0.29) is 16.4 Å². The van der Waals surface area contributed by atoms with Crippen LogP contribution in [0.25, 0.3) is 5.76 Å². The van der Waals surface area contributed by atoms with Gasteiger partial charge in [-0.2, -0.15) is 13.5 Å². The Labute approximate surface area is 137 Å². The van der Waals surface area contributed by atoms with E-state index in [1.807, 2.05) is 0 Å². The zero-order valence-electron chi connectivity index (χ0n) is 13.4. The third kappa shape index (κ3) is 2.16. The fourth-order valence-electron chi connectivity index (χ4n) is 2.57. The molecule has 1 aliphatic rings. The van der Waals surface area contributed by atoms with Crippen molar-refractivity contribution in [3.05, 3.63) is 28.8 Å². The summed E-state index contributed by atoms with van der Waals surface area (Å²) in [4.78, 5) is 12.5. The molecule has 1 amide bonds. The predicted molar refractivity (Wildman–Crippen MR) is 82.3 cm³/mol. The number of nitrogens with one attached hydrogen (secondary N) is 1. The molecular weight excluding hydrogens is 338 g/mol. The highest BCUT2D eigenvalue weighted by Gasteiger charge is 2.42. The van der Waals surface area contributed by atoms with Crippen molar-refractivity contribution in [1.82, 2.24) is 19.2 Å². The van der Waals surface area contributed by atoms with Crippen molar-refractivity contribution in [3.8, 4) is 0 Å². The van der Waals surface area contributed by atoms with Gasteiger partial charge in [-0.05, 0) is 13.8 Å². The van der Waals surface area contributed by atoms with Crippen molar-refractivity contribution in [3.63, 3.8) is 0 Å². The minimum atomic E-state index is -4.03. The van der Waals surface area contributed by atoms with Crippen molar-refractivity contribution in [2.75, 3.05) is 12.4 Å². The summed E-state index contributed by atoms with van der Waals surface area (Å²) in [5.41, 5.74) is -0.111. The monoisotopic (exact) mass is 353 g/mol. The van der Waals surface area contributed by atoms with Crippen LogP contribution < -0.4 is 5.32 Å². The average molecular weight is 353 g/mol. The molecule has 2 N–H and O–H groups in total. The standard InChI is InChI=1S/C13H15N5O5S/c1-6-5-8(16-23-6)14-12(20)10-11(19)9-7(2)15-17(3)13(9)24(21,22)18(10)4/h5,19H,1-4H3,(H,14,16,20).